The van der Waals surface area contributed by atoms with Crippen molar-refractivity contribution in [3.8, 4) is 0 Å². The standard InChI is InChI=1S/C8H14N4/c1-6(2)3-7-5-10-12-8(4-9)11-7/h5-6H,3-4,9H2,1-2H3. The molecule has 12 heavy (non-hydrogen) atoms. The van der Waals surface area contributed by atoms with Crippen molar-refractivity contribution in [3.05, 3.63) is 17.7 Å². The van der Waals surface area contributed by atoms with E-state index in [4.69, 9.17) is 5.73 Å². The fraction of sp³-hybridized carbons (Fsp3) is 0.625. The van der Waals surface area contributed by atoms with E-state index in [9.17, 15) is 0 Å². The van der Waals surface area contributed by atoms with Gasteiger partial charge in [0.05, 0.1) is 18.4 Å². The first-order valence-electron chi connectivity index (χ1n) is 4.10. The van der Waals surface area contributed by atoms with Gasteiger partial charge in [0.15, 0.2) is 5.82 Å². The summed E-state index contributed by atoms with van der Waals surface area (Å²) in [5, 5.41) is 7.60. The number of aromatic nitrogens is 3. The second-order valence-corrected chi connectivity index (χ2v) is 3.17. The molecule has 4 heteroatoms. The van der Waals surface area contributed by atoms with E-state index < -0.39 is 0 Å². The zero-order chi connectivity index (χ0) is 8.97. The lowest BCUT2D eigenvalue weighted by atomic mass is 10.1. The fourth-order valence-corrected chi connectivity index (χ4v) is 0.982. The highest BCUT2D eigenvalue weighted by atomic mass is 15.1. The van der Waals surface area contributed by atoms with Gasteiger partial charge in [-0.3, -0.25) is 0 Å². The average Bonchev–Trinajstić information content (AvgIpc) is 2.03. The predicted molar refractivity (Wildman–Crippen MR) is 46.3 cm³/mol. The molecule has 1 aromatic heterocycles. The molecule has 4 nitrogen and oxygen atoms in total. The van der Waals surface area contributed by atoms with Crippen molar-refractivity contribution in [3.63, 3.8) is 0 Å². The van der Waals surface area contributed by atoms with Gasteiger partial charge in [0.1, 0.15) is 0 Å². The van der Waals surface area contributed by atoms with Crippen molar-refractivity contribution in [1.82, 2.24) is 15.2 Å². The lowest BCUT2D eigenvalue weighted by Gasteiger charge is -2.03. The second-order valence-electron chi connectivity index (χ2n) is 3.17. The van der Waals surface area contributed by atoms with Crippen molar-refractivity contribution in [2.24, 2.45) is 11.7 Å². The van der Waals surface area contributed by atoms with Gasteiger partial charge >= 0.3 is 0 Å². The first-order valence-corrected chi connectivity index (χ1v) is 4.10. The van der Waals surface area contributed by atoms with E-state index in [2.05, 4.69) is 29.0 Å². The summed E-state index contributed by atoms with van der Waals surface area (Å²) in [6, 6.07) is 0. The van der Waals surface area contributed by atoms with Crippen LogP contribution in [0.3, 0.4) is 0 Å². The third-order valence-electron chi connectivity index (χ3n) is 1.45. The number of hydrogen-bond donors (Lipinski definition) is 1. The van der Waals surface area contributed by atoms with Crippen molar-refractivity contribution in [2.45, 2.75) is 26.8 Å². The van der Waals surface area contributed by atoms with Crippen molar-refractivity contribution in [1.29, 1.82) is 0 Å². The molecular weight excluding hydrogens is 152 g/mol. The third kappa shape index (κ3) is 2.54. The van der Waals surface area contributed by atoms with E-state index in [0.29, 0.717) is 18.3 Å². The molecule has 0 amide bonds. The maximum Gasteiger partial charge on any atom is 0.164 e. The molecule has 0 saturated carbocycles. The topological polar surface area (TPSA) is 64.7 Å². The number of hydrogen-bond acceptors (Lipinski definition) is 4. The van der Waals surface area contributed by atoms with Crippen LogP contribution < -0.4 is 5.73 Å². The Morgan fingerprint density at radius 2 is 2.25 bits per heavy atom. The third-order valence-corrected chi connectivity index (χ3v) is 1.45. The number of rotatable bonds is 3. The van der Waals surface area contributed by atoms with Crippen molar-refractivity contribution < 1.29 is 0 Å². The van der Waals surface area contributed by atoms with Crippen LogP contribution in [-0.4, -0.2) is 15.2 Å². The van der Waals surface area contributed by atoms with Gasteiger partial charge in [-0.15, -0.1) is 5.10 Å². The minimum Gasteiger partial charge on any atom is -0.324 e. The van der Waals surface area contributed by atoms with Gasteiger partial charge in [-0.1, -0.05) is 13.8 Å². The fourth-order valence-electron chi connectivity index (χ4n) is 0.982. The van der Waals surface area contributed by atoms with Crippen molar-refractivity contribution in [2.75, 3.05) is 0 Å². The van der Waals surface area contributed by atoms with Crippen LogP contribution in [0.15, 0.2) is 6.20 Å². The molecule has 0 aliphatic carbocycles. The molecule has 2 N–H and O–H groups in total. The zero-order valence-electron chi connectivity index (χ0n) is 7.49. The molecule has 0 saturated heterocycles. The average molecular weight is 166 g/mol. The van der Waals surface area contributed by atoms with Crippen LogP contribution in [-0.2, 0) is 13.0 Å². The summed E-state index contributed by atoms with van der Waals surface area (Å²) < 4.78 is 0. The van der Waals surface area contributed by atoms with E-state index in [1.807, 2.05) is 0 Å². The Morgan fingerprint density at radius 1 is 1.50 bits per heavy atom. The van der Waals surface area contributed by atoms with Crippen LogP contribution in [0, 0.1) is 5.92 Å². The Labute approximate surface area is 72.2 Å². The smallest absolute Gasteiger partial charge is 0.164 e. The summed E-state index contributed by atoms with van der Waals surface area (Å²) in [5.41, 5.74) is 6.36. The van der Waals surface area contributed by atoms with Crippen LogP contribution in [0.1, 0.15) is 25.4 Å². The predicted octanol–water partition coefficient (Wildman–Crippen LogP) is 0.529. The lowest BCUT2D eigenvalue weighted by molar-refractivity contribution is 0.623. The summed E-state index contributed by atoms with van der Waals surface area (Å²) >= 11 is 0. The SMILES string of the molecule is CC(C)Cc1cnnc(CN)n1. The van der Waals surface area contributed by atoms with E-state index in [-0.39, 0.29) is 0 Å². The minimum absolute atomic E-state index is 0.360. The molecule has 0 aliphatic rings. The second kappa shape index (κ2) is 4.11. The largest absolute Gasteiger partial charge is 0.324 e. The van der Waals surface area contributed by atoms with Gasteiger partial charge in [0.25, 0.3) is 0 Å². The highest BCUT2D eigenvalue weighted by molar-refractivity contribution is 4.96. The normalized spacial score (nSPS) is 10.7. The van der Waals surface area contributed by atoms with Gasteiger partial charge in [0.2, 0.25) is 0 Å². The lowest BCUT2D eigenvalue weighted by Crippen LogP contribution is -2.08. The summed E-state index contributed by atoms with van der Waals surface area (Å²) in [6.45, 7) is 4.65. The molecule has 0 fully saturated rings. The Bertz CT molecular complexity index is 247. The summed E-state index contributed by atoms with van der Waals surface area (Å²) in [5.74, 6) is 1.21. The van der Waals surface area contributed by atoms with Crippen LogP contribution >= 0.6 is 0 Å². The molecule has 0 radical (unpaired) electrons. The maximum atomic E-state index is 5.38. The van der Waals surface area contributed by atoms with Gasteiger partial charge < -0.3 is 5.73 Å². The number of nitrogens with zero attached hydrogens (tertiary/aromatic N) is 3. The molecule has 0 aliphatic heterocycles. The molecule has 0 spiro atoms. The van der Waals surface area contributed by atoms with Crippen LogP contribution in [0.25, 0.3) is 0 Å². The summed E-state index contributed by atoms with van der Waals surface area (Å²) in [6.07, 6.45) is 2.63. The molecule has 1 heterocycles. The molecule has 0 bridgehead atoms. The number of nitrogens with two attached hydrogens (primary N) is 1. The Hall–Kier alpha value is -1.03. The van der Waals surface area contributed by atoms with Crippen molar-refractivity contribution >= 4 is 0 Å². The van der Waals surface area contributed by atoms with E-state index >= 15 is 0 Å². The quantitative estimate of drug-likeness (QED) is 0.711. The molecule has 66 valence electrons. The van der Waals surface area contributed by atoms with Gasteiger partial charge in [0, 0.05) is 0 Å². The molecule has 0 unspecified atom stereocenters. The molecule has 0 atom stereocenters. The van der Waals surface area contributed by atoms with E-state index in [1.54, 1.807) is 6.20 Å². The zero-order valence-corrected chi connectivity index (χ0v) is 7.49. The van der Waals surface area contributed by atoms with Crippen LogP contribution in [0.2, 0.25) is 0 Å². The summed E-state index contributed by atoms with van der Waals surface area (Å²) in [7, 11) is 0. The van der Waals surface area contributed by atoms with E-state index in [1.165, 1.54) is 0 Å². The van der Waals surface area contributed by atoms with Crippen LogP contribution in [0.5, 0.6) is 0 Å². The molecular formula is C8H14N4. The first kappa shape index (κ1) is 9.06. The minimum atomic E-state index is 0.360. The first-order chi connectivity index (χ1) is 5.72. The monoisotopic (exact) mass is 166 g/mol. The highest BCUT2D eigenvalue weighted by Crippen LogP contribution is 2.02. The Balaban J connectivity index is 2.72. The van der Waals surface area contributed by atoms with E-state index in [0.717, 1.165) is 12.1 Å². The van der Waals surface area contributed by atoms with Crippen LogP contribution in [0.4, 0.5) is 0 Å². The molecule has 1 rings (SSSR count). The highest BCUT2D eigenvalue weighted by Gasteiger charge is 2.01. The maximum absolute atomic E-state index is 5.38. The Morgan fingerprint density at radius 3 is 2.83 bits per heavy atom. The van der Waals surface area contributed by atoms with Gasteiger partial charge in [-0.05, 0) is 12.3 Å². The van der Waals surface area contributed by atoms with Gasteiger partial charge in [-0.2, -0.15) is 5.10 Å². The molecule has 1 aromatic rings. The van der Waals surface area contributed by atoms with Gasteiger partial charge in [-0.25, -0.2) is 4.98 Å². The molecule has 0 aromatic carbocycles. The summed E-state index contributed by atoms with van der Waals surface area (Å²) in [4.78, 5) is 4.23. The Kier molecular flexibility index (Phi) is 3.10.